The Hall–Kier alpha value is -0.870. The Morgan fingerprint density at radius 1 is 1.50 bits per heavy atom. The van der Waals surface area contributed by atoms with E-state index in [9.17, 15) is 4.55 Å². The van der Waals surface area contributed by atoms with E-state index in [2.05, 4.69) is 9.38 Å². The van der Waals surface area contributed by atoms with Gasteiger partial charge in [-0.3, -0.25) is 4.98 Å². The maximum Gasteiger partial charge on any atom is 0.144 e. The van der Waals surface area contributed by atoms with Crippen LogP contribution in [-0.4, -0.2) is 20.5 Å². The van der Waals surface area contributed by atoms with Gasteiger partial charge in [0.25, 0.3) is 0 Å². The molecule has 0 N–H and O–H groups in total. The molecule has 0 fully saturated rings. The van der Waals surface area contributed by atoms with Crippen molar-refractivity contribution in [3.05, 3.63) is 30.1 Å². The molecule has 1 atom stereocenters. The molecule has 1 rings (SSSR count). The maximum atomic E-state index is 11.5. The molecule has 14 heavy (non-hydrogen) atoms. The normalized spacial score (nSPS) is 14.6. The molecule has 4 heteroatoms. The van der Waals surface area contributed by atoms with Gasteiger partial charge in [-0.2, -0.15) is 0 Å². The highest BCUT2D eigenvalue weighted by Crippen LogP contribution is 2.16. The third-order valence-corrected chi connectivity index (χ3v) is 2.85. The van der Waals surface area contributed by atoms with Gasteiger partial charge in [-0.05, 0) is 26.8 Å². The van der Waals surface area contributed by atoms with E-state index in [0.717, 1.165) is 5.56 Å². The highest BCUT2D eigenvalue weighted by Gasteiger charge is 2.25. The first kappa shape index (κ1) is 11.2. The van der Waals surface area contributed by atoms with Gasteiger partial charge in [-0.15, -0.1) is 0 Å². The molecule has 1 aromatic rings. The van der Waals surface area contributed by atoms with Gasteiger partial charge in [0.1, 0.15) is 16.1 Å². The zero-order valence-electron chi connectivity index (χ0n) is 8.60. The van der Waals surface area contributed by atoms with E-state index in [1.807, 2.05) is 32.9 Å². The lowest BCUT2D eigenvalue weighted by Gasteiger charge is -2.17. The minimum Gasteiger partial charge on any atom is -0.591 e. The maximum absolute atomic E-state index is 11.5. The van der Waals surface area contributed by atoms with Crippen molar-refractivity contribution in [1.82, 2.24) is 4.98 Å². The highest BCUT2D eigenvalue weighted by atomic mass is 32.2. The van der Waals surface area contributed by atoms with Crippen LogP contribution >= 0.6 is 0 Å². The standard InChI is InChI=1S/C10H14N2OS/c1-10(2,3)14(13)12-8-9-5-4-6-11-7-9/h4-8H,1-3H3/b12-8+. The van der Waals surface area contributed by atoms with Gasteiger partial charge in [0.15, 0.2) is 0 Å². The van der Waals surface area contributed by atoms with Gasteiger partial charge in [0.05, 0.1) is 6.21 Å². The van der Waals surface area contributed by atoms with E-state index in [-0.39, 0.29) is 4.75 Å². The van der Waals surface area contributed by atoms with Gasteiger partial charge in [-0.25, -0.2) is 0 Å². The summed E-state index contributed by atoms with van der Waals surface area (Å²) in [5.41, 5.74) is 0.866. The molecule has 0 spiro atoms. The highest BCUT2D eigenvalue weighted by molar-refractivity contribution is 7.91. The summed E-state index contributed by atoms with van der Waals surface area (Å²) in [4.78, 5) is 3.93. The molecule has 0 bridgehead atoms. The molecule has 0 aliphatic carbocycles. The Bertz CT molecular complexity index is 306. The second-order valence-electron chi connectivity index (χ2n) is 3.88. The molecular formula is C10H14N2OS. The van der Waals surface area contributed by atoms with Gasteiger partial charge in [0, 0.05) is 18.0 Å². The summed E-state index contributed by atoms with van der Waals surface area (Å²) in [6.45, 7) is 5.68. The first-order valence-electron chi connectivity index (χ1n) is 4.36. The van der Waals surface area contributed by atoms with E-state index in [0.29, 0.717) is 0 Å². The van der Waals surface area contributed by atoms with Crippen LogP contribution in [0.3, 0.4) is 0 Å². The van der Waals surface area contributed by atoms with Crippen LogP contribution in [0.25, 0.3) is 0 Å². The second kappa shape index (κ2) is 4.57. The Morgan fingerprint density at radius 2 is 2.21 bits per heavy atom. The van der Waals surface area contributed by atoms with E-state index in [1.54, 1.807) is 18.6 Å². The third-order valence-electron chi connectivity index (χ3n) is 1.51. The van der Waals surface area contributed by atoms with Crippen molar-refractivity contribution in [3.63, 3.8) is 0 Å². The average Bonchev–Trinajstić information content (AvgIpc) is 2.14. The smallest absolute Gasteiger partial charge is 0.144 e. The Kier molecular flexibility index (Phi) is 3.66. The first-order chi connectivity index (χ1) is 6.50. The molecule has 1 aromatic heterocycles. The topological polar surface area (TPSA) is 48.3 Å². The fourth-order valence-corrected chi connectivity index (χ4v) is 1.25. The number of aromatic nitrogens is 1. The van der Waals surface area contributed by atoms with Crippen molar-refractivity contribution in [2.24, 2.45) is 4.40 Å². The van der Waals surface area contributed by atoms with Crippen LogP contribution in [-0.2, 0) is 11.4 Å². The summed E-state index contributed by atoms with van der Waals surface area (Å²) in [6, 6.07) is 3.69. The van der Waals surface area contributed by atoms with Crippen LogP contribution in [0.1, 0.15) is 26.3 Å². The lowest BCUT2D eigenvalue weighted by atomic mass is 10.3. The number of hydrogen-bond donors (Lipinski definition) is 0. The molecule has 0 radical (unpaired) electrons. The van der Waals surface area contributed by atoms with E-state index >= 15 is 0 Å². The van der Waals surface area contributed by atoms with Crippen molar-refractivity contribution in [2.45, 2.75) is 25.5 Å². The van der Waals surface area contributed by atoms with Gasteiger partial charge >= 0.3 is 0 Å². The lowest BCUT2D eigenvalue weighted by molar-refractivity contribution is 0.562. The first-order valence-corrected chi connectivity index (χ1v) is 5.47. The minimum absolute atomic E-state index is 0.307. The fraction of sp³-hybridized carbons (Fsp3) is 0.400. The fourth-order valence-electron chi connectivity index (χ4n) is 0.719. The predicted molar refractivity (Wildman–Crippen MR) is 59.7 cm³/mol. The Labute approximate surface area is 87.6 Å². The summed E-state index contributed by atoms with van der Waals surface area (Å²) in [5.74, 6) is 0. The Balaban J connectivity index is 2.66. The molecular weight excluding hydrogens is 196 g/mol. The molecule has 0 saturated heterocycles. The van der Waals surface area contributed by atoms with E-state index < -0.39 is 11.4 Å². The van der Waals surface area contributed by atoms with Crippen LogP contribution in [0, 0.1) is 0 Å². The van der Waals surface area contributed by atoms with Crippen LogP contribution in [0.4, 0.5) is 0 Å². The monoisotopic (exact) mass is 210 g/mol. The molecule has 0 amide bonds. The van der Waals surface area contributed by atoms with Gasteiger partial charge in [0.2, 0.25) is 0 Å². The summed E-state index contributed by atoms with van der Waals surface area (Å²) in [5, 5.41) is 0. The summed E-state index contributed by atoms with van der Waals surface area (Å²) in [7, 11) is 0. The summed E-state index contributed by atoms with van der Waals surface area (Å²) in [6.07, 6.45) is 4.97. The summed E-state index contributed by atoms with van der Waals surface area (Å²) >= 11 is -1.20. The number of pyridine rings is 1. The molecule has 1 heterocycles. The second-order valence-corrected chi connectivity index (χ2v) is 5.82. The van der Waals surface area contributed by atoms with Crippen molar-refractivity contribution in [3.8, 4) is 0 Å². The molecule has 0 aromatic carbocycles. The minimum atomic E-state index is -1.20. The number of hydrogen-bond acceptors (Lipinski definition) is 3. The third kappa shape index (κ3) is 3.47. The molecule has 1 unspecified atom stereocenters. The van der Waals surface area contributed by atoms with Gasteiger partial charge < -0.3 is 4.55 Å². The summed E-state index contributed by atoms with van der Waals surface area (Å²) < 4.78 is 15.2. The number of nitrogens with zero attached hydrogens (tertiary/aromatic N) is 2. The van der Waals surface area contributed by atoms with Crippen LogP contribution in [0.5, 0.6) is 0 Å². The van der Waals surface area contributed by atoms with E-state index in [4.69, 9.17) is 0 Å². The zero-order valence-corrected chi connectivity index (χ0v) is 9.41. The van der Waals surface area contributed by atoms with Crippen LogP contribution < -0.4 is 0 Å². The van der Waals surface area contributed by atoms with Crippen molar-refractivity contribution in [2.75, 3.05) is 0 Å². The van der Waals surface area contributed by atoms with Crippen molar-refractivity contribution >= 4 is 17.6 Å². The quantitative estimate of drug-likeness (QED) is 0.553. The molecule has 0 saturated carbocycles. The zero-order chi connectivity index (χ0) is 10.6. The molecule has 0 aliphatic heterocycles. The molecule has 76 valence electrons. The van der Waals surface area contributed by atoms with Crippen LogP contribution in [0.15, 0.2) is 28.9 Å². The van der Waals surface area contributed by atoms with E-state index in [1.165, 1.54) is 0 Å². The molecule has 0 aliphatic rings. The van der Waals surface area contributed by atoms with Crippen LogP contribution in [0.2, 0.25) is 0 Å². The van der Waals surface area contributed by atoms with Gasteiger partial charge in [-0.1, -0.05) is 10.5 Å². The average molecular weight is 210 g/mol. The Morgan fingerprint density at radius 3 is 2.71 bits per heavy atom. The molecule has 3 nitrogen and oxygen atoms in total. The number of rotatable bonds is 2. The largest absolute Gasteiger partial charge is 0.591 e. The lowest BCUT2D eigenvalue weighted by Crippen LogP contribution is -2.25. The SMILES string of the molecule is CC(C)(C)[S+]([O-])/N=C/c1cccnc1. The van der Waals surface area contributed by atoms with Crippen molar-refractivity contribution < 1.29 is 4.55 Å². The van der Waals surface area contributed by atoms with Crippen molar-refractivity contribution in [1.29, 1.82) is 0 Å². The predicted octanol–water partition coefficient (Wildman–Crippen LogP) is 1.96.